The number of nitrogens with zero attached hydrogens (tertiary/aromatic N) is 3. The second kappa shape index (κ2) is 8.86. The van der Waals surface area contributed by atoms with Crippen molar-refractivity contribution in [2.24, 2.45) is 0 Å². The number of aromatic amines is 1. The third-order valence-electron chi connectivity index (χ3n) is 5.02. The minimum absolute atomic E-state index is 0.0685. The molecule has 1 unspecified atom stereocenters. The summed E-state index contributed by atoms with van der Waals surface area (Å²) >= 11 is 0. The zero-order valence-electron chi connectivity index (χ0n) is 16.8. The number of benzene rings is 1. The molecule has 0 bridgehead atoms. The van der Waals surface area contributed by atoms with Crippen molar-refractivity contribution in [1.82, 2.24) is 25.1 Å². The molecule has 10 heteroatoms. The Hall–Kier alpha value is -2.88. The van der Waals surface area contributed by atoms with Crippen LogP contribution in [0.2, 0.25) is 0 Å². The molecule has 2 N–H and O–H groups in total. The minimum Gasteiger partial charge on any atom is -0.353 e. The van der Waals surface area contributed by atoms with Crippen molar-refractivity contribution in [3.8, 4) is 0 Å². The monoisotopic (exact) mass is 423 g/mol. The molecule has 2 aromatic rings. The van der Waals surface area contributed by atoms with Crippen LogP contribution in [0.1, 0.15) is 29.1 Å². The Kier molecular flexibility index (Phi) is 6.45. The third kappa shape index (κ3) is 5.38. The van der Waals surface area contributed by atoms with Gasteiger partial charge in [-0.1, -0.05) is 18.2 Å². The first kappa shape index (κ1) is 21.8. The van der Waals surface area contributed by atoms with Crippen molar-refractivity contribution in [1.29, 1.82) is 0 Å². The fraction of sp³-hybridized carbons (Fsp3) is 0.450. The van der Waals surface area contributed by atoms with E-state index in [0.717, 1.165) is 17.8 Å². The van der Waals surface area contributed by atoms with E-state index in [0.29, 0.717) is 24.5 Å². The van der Waals surface area contributed by atoms with Gasteiger partial charge in [-0.05, 0) is 18.6 Å². The molecule has 1 saturated heterocycles. The lowest BCUT2D eigenvalue weighted by atomic mass is 10.0. The number of carbonyl (C=O) groups is 2. The van der Waals surface area contributed by atoms with E-state index in [2.05, 4.69) is 15.3 Å². The van der Waals surface area contributed by atoms with Gasteiger partial charge in [0.05, 0.1) is 24.6 Å². The number of aromatic nitrogens is 2. The van der Waals surface area contributed by atoms with Gasteiger partial charge < -0.3 is 15.2 Å². The van der Waals surface area contributed by atoms with Crippen LogP contribution in [0.4, 0.5) is 13.2 Å². The first-order valence-electron chi connectivity index (χ1n) is 9.56. The second-order valence-corrected chi connectivity index (χ2v) is 7.44. The number of hydrogen-bond donors (Lipinski definition) is 2. The highest BCUT2D eigenvalue weighted by Gasteiger charge is 2.34. The summed E-state index contributed by atoms with van der Waals surface area (Å²) in [7, 11) is 1.62. The summed E-state index contributed by atoms with van der Waals surface area (Å²) in [5.74, 6) is 0.0845. The number of rotatable bonds is 6. The van der Waals surface area contributed by atoms with Crippen molar-refractivity contribution >= 4 is 11.8 Å². The van der Waals surface area contributed by atoms with E-state index in [1.54, 1.807) is 24.2 Å². The van der Waals surface area contributed by atoms with Crippen LogP contribution in [-0.4, -0.2) is 57.8 Å². The van der Waals surface area contributed by atoms with E-state index in [4.69, 9.17) is 0 Å². The van der Waals surface area contributed by atoms with Gasteiger partial charge in [-0.2, -0.15) is 13.2 Å². The maximum absolute atomic E-state index is 13.0. The Bertz CT molecular complexity index is 912. The van der Waals surface area contributed by atoms with E-state index in [9.17, 15) is 22.8 Å². The van der Waals surface area contributed by atoms with Crippen LogP contribution in [-0.2, 0) is 28.9 Å². The first-order valence-corrected chi connectivity index (χ1v) is 9.56. The second-order valence-electron chi connectivity index (χ2n) is 7.44. The summed E-state index contributed by atoms with van der Waals surface area (Å²) in [6, 6.07) is 4.28. The highest BCUT2D eigenvalue weighted by atomic mass is 19.4. The molecule has 0 saturated carbocycles. The van der Waals surface area contributed by atoms with E-state index in [-0.39, 0.29) is 31.3 Å². The molecule has 0 spiro atoms. The molecular weight excluding hydrogens is 399 g/mol. The molecule has 30 heavy (non-hydrogen) atoms. The molecule has 0 radical (unpaired) electrons. The van der Waals surface area contributed by atoms with Gasteiger partial charge in [0, 0.05) is 38.6 Å². The normalized spacial score (nSPS) is 17.6. The fourth-order valence-corrected chi connectivity index (χ4v) is 3.44. The number of H-pyrrole nitrogens is 1. The van der Waals surface area contributed by atoms with Crippen LogP contribution in [0, 0.1) is 6.92 Å². The van der Waals surface area contributed by atoms with Gasteiger partial charge in [0.1, 0.15) is 5.82 Å². The van der Waals surface area contributed by atoms with Crippen LogP contribution < -0.4 is 5.32 Å². The van der Waals surface area contributed by atoms with Crippen LogP contribution in [0.15, 0.2) is 30.5 Å². The number of imidazole rings is 1. The average Bonchev–Trinajstić information content (AvgIpc) is 3.08. The maximum Gasteiger partial charge on any atom is 0.416 e. The van der Waals surface area contributed by atoms with Gasteiger partial charge in [-0.3, -0.25) is 14.5 Å². The lowest BCUT2D eigenvalue weighted by Gasteiger charge is -2.35. The molecular formula is C20H24F3N5O2. The fourth-order valence-electron chi connectivity index (χ4n) is 3.44. The number of piperazine rings is 1. The number of hydrogen-bond acceptors (Lipinski definition) is 4. The quantitative estimate of drug-likeness (QED) is 0.746. The predicted molar refractivity (Wildman–Crippen MR) is 103 cm³/mol. The molecule has 162 valence electrons. The standard InChI is InChI=1S/C20H24F3N5O2/c1-13-10-25-17(26-13)12-27(2)18(29)9-16-19(30)24-6-7-28(16)11-14-4-3-5-15(8-14)20(21,22)23/h3-5,8,10,16H,6-7,9,11-12H2,1-2H3,(H,24,30)(H,25,26). The van der Waals surface area contributed by atoms with Crippen LogP contribution >= 0.6 is 0 Å². The highest BCUT2D eigenvalue weighted by Crippen LogP contribution is 2.30. The van der Waals surface area contributed by atoms with Crippen LogP contribution in [0.25, 0.3) is 0 Å². The van der Waals surface area contributed by atoms with Gasteiger partial charge in [-0.15, -0.1) is 0 Å². The van der Waals surface area contributed by atoms with E-state index in [1.807, 2.05) is 6.92 Å². The van der Waals surface area contributed by atoms with Crippen molar-refractivity contribution in [3.05, 3.63) is 53.1 Å². The maximum atomic E-state index is 13.0. The number of nitrogens with one attached hydrogen (secondary N) is 2. The molecule has 7 nitrogen and oxygen atoms in total. The van der Waals surface area contributed by atoms with E-state index in [1.165, 1.54) is 11.0 Å². The smallest absolute Gasteiger partial charge is 0.353 e. The number of halogens is 3. The number of alkyl halides is 3. The Morgan fingerprint density at radius 2 is 2.13 bits per heavy atom. The van der Waals surface area contributed by atoms with Gasteiger partial charge in [0.2, 0.25) is 11.8 Å². The van der Waals surface area contributed by atoms with Crippen molar-refractivity contribution in [2.45, 2.75) is 38.7 Å². The Morgan fingerprint density at radius 3 is 2.80 bits per heavy atom. The zero-order chi connectivity index (χ0) is 21.9. The summed E-state index contributed by atoms with van der Waals surface area (Å²) in [5.41, 5.74) is 0.587. The van der Waals surface area contributed by atoms with Crippen molar-refractivity contribution in [3.63, 3.8) is 0 Å². The van der Waals surface area contributed by atoms with Crippen LogP contribution in [0.5, 0.6) is 0 Å². The molecule has 1 aromatic carbocycles. The molecule has 1 aliphatic heterocycles. The Labute approximate surface area is 172 Å². The molecule has 1 atom stereocenters. The number of carbonyl (C=O) groups excluding carboxylic acids is 2. The highest BCUT2D eigenvalue weighted by molar-refractivity contribution is 5.88. The Balaban J connectivity index is 1.68. The van der Waals surface area contributed by atoms with E-state index >= 15 is 0 Å². The van der Waals surface area contributed by atoms with Crippen LogP contribution in [0.3, 0.4) is 0 Å². The zero-order valence-corrected chi connectivity index (χ0v) is 16.8. The summed E-state index contributed by atoms with van der Waals surface area (Å²) in [6.45, 7) is 3.10. The summed E-state index contributed by atoms with van der Waals surface area (Å²) in [4.78, 5) is 35.5. The predicted octanol–water partition coefficient (Wildman–Crippen LogP) is 2.09. The summed E-state index contributed by atoms with van der Waals surface area (Å²) < 4.78 is 39.0. The lowest BCUT2D eigenvalue weighted by molar-refractivity contribution is -0.138. The SMILES string of the molecule is Cc1cnc(CN(C)C(=O)CC2C(=O)NCCN2Cc2cccc(C(F)(F)F)c2)[nH]1. The van der Waals surface area contributed by atoms with E-state index < -0.39 is 17.8 Å². The lowest BCUT2D eigenvalue weighted by Crippen LogP contribution is -2.56. The molecule has 2 amide bonds. The molecule has 0 aliphatic carbocycles. The molecule has 3 rings (SSSR count). The molecule has 1 fully saturated rings. The third-order valence-corrected chi connectivity index (χ3v) is 5.02. The topological polar surface area (TPSA) is 81.3 Å². The molecule has 1 aliphatic rings. The van der Waals surface area contributed by atoms with Gasteiger partial charge in [-0.25, -0.2) is 4.98 Å². The average molecular weight is 423 g/mol. The Morgan fingerprint density at radius 1 is 1.37 bits per heavy atom. The molecule has 2 heterocycles. The summed E-state index contributed by atoms with van der Waals surface area (Å²) in [6.07, 6.45) is -2.84. The van der Waals surface area contributed by atoms with Crippen molar-refractivity contribution < 1.29 is 22.8 Å². The number of amides is 2. The van der Waals surface area contributed by atoms with Crippen molar-refractivity contribution in [2.75, 3.05) is 20.1 Å². The van der Waals surface area contributed by atoms with Gasteiger partial charge in [0.15, 0.2) is 0 Å². The minimum atomic E-state index is -4.43. The molecule has 1 aromatic heterocycles. The summed E-state index contributed by atoms with van der Waals surface area (Å²) in [5, 5.41) is 2.73. The van der Waals surface area contributed by atoms with Gasteiger partial charge >= 0.3 is 6.18 Å². The van der Waals surface area contributed by atoms with Gasteiger partial charge in [0.25, 0.3) is 0 Å². The largest absolute Gasteiger partial charge is 0.416 e. The first-order chi connectivity index (χ1) is 14.1. The number of aryl methyl sites for hydroxylation is 1.